The number of hydrogen-bond donors (Lipinski definition) is 2. The summed E-state index contributed by atoms with van der Waals surface area (Å²) >= 11 is 0. The van der Waals surface area contributed by atoms with E-state index in [4.69, 9.17) is 0 Å². The summed E-state index contributed by atoms with van der Waals surface area (Å²) in [6, 6.07) is 11.7. The largest absolute Gasteiger partial charge is 0.349 e. The highest BCUT2D eigenvalue weighted by molar-refractivity contribution is 7.92. The van der Waals surface area contributed by atoms with Crippen LogP contribution in [0.3, 0.4) is 0 Å². The molecule has 2 aromatic carbocycles. The molecule has 1 fully saturated rings. The van der Waals surface area contributed by atoms with E-state index in [2.05, 4.69) is 10.0 Å². The first-order chi connectivity index (χ1) is 12.3. The van der Waals surface area contributed by atoms with E-state index in [0.717, 1.165) is 36.8 Å². The van der Waals surface area contributed by atoms with Crippen molar-refractivity contribution in [2.75, 3.05) is 4.72 Å². The summed E-state index contributed by atoms with van der Waals surface area (Å²) < 4.78 is 27.7. The van der Waals surface area contributed by atoms with Gasteiger partial charge >= 0.3 is 0 Å². The van der Waals surface area contributed by atoms with E-state index in [1.54, 1.807) is 24.3 Å². The molecule has 0 bridgehead atoms. The molecule has 6 heteroatoms. The average Bonchev–Trinajstić information content (AvgIpc) is 3.11. The topological polar surface area (TPSA) is 75.3 Å². The predicted octanol–water partition coefficient (Wildman–Crippen LogP) is 3.78. The third kappa shape index (κ3) is 4.25. The number of nitrogens with one attached hydrogen (secondary N) is 2. The number of benzene rings is 2. The minimum atomic E-state index is -3.69. The Morgan fingerprint density at radius 1 is 0.962 bits per heavy atom. The molecule has 1 saturated carbocycles. The van der Waals surface area contributed by atoms with Gasteiger partial charge in [-0.3, -0.25) is 9.52 Å². The van der Waals surface area contributed by atoms with Crippen molar-refractivity contribution in [1.29, 1.82) is 0 Å². The van der Waals surface area contributed by atoms with Crippen LogP contribution < -0.4 is 10.0 Å². The molecule has 26 heavy (non-hydrogen) atoms. The average molecular weight is 372 g/mol. The smallest absolute Gasteiger partial charge is 0.261 e. The van der Waals surface area contributed by atoms with Crippen molar-refractivity contribution >= 4 is 21.6 Å². The summed E-state index contributed by atoms with van der Waals surface area (Å²) in [7, 11) is -3.69. The SMILES string of the molecule is Cc1ccc(NS(=O)(=O)c2ccc(C(=O)NC3CCCC3)cc2)cc1C. The molecule has 2 aromatic rings. The van der Waals surface area contributed by atoms with Crippen molar-refractivity contribution in [2.24, 2.45) is 0 Å². The van der Waals surface area contributed by atoms with Gasteiger partial charge in [-0.15, -0.1) is 0 Å². The van der Waals surface area contributed by atoms with E-state index in [1.165, 1.54) is 12.1 Å². The van der Waals surface area contributed by atoms with Gasteiger partial charge in [0.2, 0.25) is 0 Å². The first-order valence-corrected chi connectivity index (χ1v) is 10.3. The zero-order valence-corrected chi connectivity index (χ0v) is 15.9. The van der Waals surface area contributed by atoms with Crippen LogP contribution in [0.1, 0.15) is 47.2 Å². The van der Waals surface area contributed by atoms with E-state index in [9.17, 15) is 13.2 Å². The van der Waals surface area contributed by atoms with Gasteiger partial charge < -0.3 is 5.32 Å². The van der Waals surface area contributed by atoms with Gasteiger partial charge in [0, 0.05) is 17.3 Å². The van der Waals surface area contributed by atoms with E-state index >= 15 is 0 Å². The van der Waals surface area contributed by atoms with Gasteiger partial charge in [0.25, 0.3) is 15.9 Å². The minimum absolute atomic E-state index is 0.133. The molecule has 0 unspecified atom stereocenters. The zero-order chi connectivity index (χ0) is 18.7. The van der Waals surface area contributed by atoms with Crippen LogP contribution in [0.5, 0.6) is 0 Å². The van der Waals surface area contributed by atoms with Crippen molar-refractivity contribution in [3.63, 3.8) is 0 Å². The molecule has 1 amide bonds. The summed E-state index contributed by atoms with van der Waals surface area (Å²) in [4.78, 5) is 12.4. The molecule has 5 nitrogen and oxygen atoms in total. The number of carbonyl (C=O) groups excluding carboxylic acids is 1. The number of rotatable bonds is 5. The lowest BCUT2D eigenvalue weighted by Gasteiger charge is -2.13. The molecule has 0 aromatic heterocycles. The molecule has 1 aliphatic carbocycles. The lowest BCUT2D eigenvalue weighted by atomic mass is 10.1. The van der Waals surface area contributed by atoms with Crippen LogP contribution in [0.15, 0.2) is 47.4 Å². The molecule has 0 atom stereocenters. The standard InChI is InChI=1S/C20H24N2O3S/c1-14-7-10-18(13-15(14)2)22-26(24,25)19-11-8-16(9-12-19)20(23)21-17-5-3-4-6-17/h7-13,17,22H,3-6H2,1-2H3,(H,21,23). The maximum absolute atomic E-state index is 12.5. The molecule has 0 heterocycles. The summed E-state index contributed by atoms with van der Waals surface area (Å²) in [6.45, 7) is 3.91. The fourth-order valence-electron chi connectivity index (χ4n) is 3.14. The minimum Gasteiger partial charge on any atom is -0.349 e. The lowest BCUT2D eigenvalue weighted by Crippen LogP contribution is -2.32. The first kappa shape index (κ1) is 18.5. The molecular weight excluding hydrogens is 348 g/mol. The Labute approximate surface area is 154 Å². The molecule has 2 N–H and O–H groups in total. The van der Waals surface area contributed by atoms with Crippen LogP contribution in [0.25, 0.3) is 0 Å². The number of amides is 1. The van der Waals surface area contributed by atoms with E-state index in [0.29, 0.717) is 11.3 Å². The molecule has 0 spiro atoms. The second kappa shape index (κ2) is 7.50. The molecule has 0 radical (unpaired) electrons. The zero-order valence-electron chi connectivity index (χ0n) is 15.1. The van der Waals surface area contributed by atoms with Gasteiger partial charge in [0.1, 0.15) is 0 Å². The summed E-state index contributed by atoms with van der Waals surface area (Å²) in [5.74, 6) is -0.150. The quantitative estimate of drug-likeness (QED) is 0.839. The second-order valence-corrected chi connectivity index (χ2v) is 8.57. The highest BCUT2D eigenvalue weighted by atomic mass is 32.2. The number of aryl methyl sites for hydroxylation is 2. The number of hydrogen-bond acceptors (Lipinski definition) is 3. The Morgan fingerprint density at radius 3 is 2.23 bits per heavy atom. The molecule has 3 rings (SSSR count). The van der Waals surface area contributed by atoms with Crippen molar-refractivity contribution in [1.82, 2.24) is 5.32 Å². The monoisotopic (exact) mass is 372 g/mol. The van der Waals surface area contributed by atoms with Crippen LogP contribution in [0.2, 0.25) is 0 Å². The summed E-state index contributed by atoms with van der Waals surface area (Å²) in [5.41, 5.74) is 3.12. The van der Waals surface area contributed by atoms with Crippen LogP contribution >= 0.6 is 0 Å². The lowest BCUT2D eigenvalue weighted by molar-refractivity contribution is 0.0938. The Kier molecular flexibility index (Phi) is 5.32. The van der Waals surface area contributed by atoms with Crippen molar-refractivity contribution in [3.8, 4) is 0 Å². The molecule has 138 valence electrons. The van der Waals surface area contributed by atoms with Crippen LogP contribution in [0, 0.1) is 13.8 Å². The summed E-state index contributed by atoms with van der Waals surface area (Å²) in [6.07, 6.45) is 4.31. The molecular formula is C20H24N2O3S. The third-order valence-corrected chi connectivity index (χ3v) is 6.27. The Bertz CT molecular complexity index is 899. The number of carbonyl (C=O) groups is 1. The molecule has 0 saturated heterocycles. The first-order valence-electron chi connectivity index (χ1n) is 8.86. The highest BCUT2D eigenvalue weighted by Gasteiger charge is 2.19. The van der Waals surface area contributed by atoms with E-state index < -0.39 is 10.0 Å². The predicted molar refractivity (Wildman–Crippen MR) is 103 cm³/mol. The van der Waals surface area contributed by atoms with Crippen molar-refractivity contribution in [2.45, 2.75) is 50.5 Å². The maximum Gasteiger partial charge on any atom is 0.261 e. The van der Waals surface area contributed by atoms with Crippen LogP contribution in [-0.2, 0) is 10.0 Å². The van der Waals surface area contributed by atoms with Gasteiger partial charge in [0.15, 0.2) is 0 Å². The van der Waals surface area contributed by atoms with Crippen LogP contribution in [-0.4, -0.2) is 20.4 Å². The highest BCUT2D eigenvalue weighted by Crippen LogP contribution is 2.20. The maximum atomic E-state index is 12.5. The van der Waals surface area contributed by atoms with Gasteiger partial charge in [-0.1, -0.05) is 18.9 Å². The van der Waals surface area contributed by atoms with Gasteiger partial charge in [-0.05, 0) is 74.2 Å². The fraction of sp³-hybridized carbons (Fsp3) is 0.350. The van der Waals surface area contributed by atoms with Crippen molar-refractivity contribution < 1.29 is 13.2 Å². The third-order valence-electron chi connectivity index (χ3n) is 4.88. The van der Waals surface area contributed by atoms with Gasteiger partial charge in [0.05, 0.1) is 4.90 Å². The van der Waals surface area contributed by atoms with Crippen LogP contribution in [0.4, 0.5) is 5.69 Å². The fourth-order valence-corrected chi connectivity index (χ4v) is 4.19. The second-order valence-electron chi connectivity index (χ2n) is 6.88. The number of sulfonamides is 1. The van der Waals surface area contributed by atoms with Gasteiger partial charge in [-0.2, -0.15) is 0 Å². The van der Waals surface area contributed by atoms with Crippen molar-refractivity contribution in [3.05, 3.63) is 59.2 Å². The molecule has 1 aliphatic rings. The Hall–Kier alpha value is -2.34. The Morgan fingerprint density at radius 2 is 1.62 bits per heavy atom. The Balaban J connectivity index is 1.71. The summed E-state index contributed by atoms with van der Waals surface area (Å²) in [5, 5.41) is 3.00. The normalized spacial score (nSPS) is 15.0. The number of anilines is 1. The molecule has 0 aliphatic heterocycles. The van der Waals surface area contributed by atoms with E-state index in [-0.39, 0.29) is 16.8 Å². The van der Waals surface area contributed by atoms with Gasteiger partial charge in [-0.25, -0.2) is 8.42 Å². The van der Waals surface area contributed by atoms with E-state index in [1.807, 2.05) is 19.9 Å².